The average molecular weight is 413 g/mol. The van der Waals surface area contributed by atoms with Gasteiger partial charge in [-0.25, -0.2) is 5.48 Å². The third-order valence-corrected chi connectivity index (χ3v) is 4.12. The van der Waals surface area contributed by atoms with Crippen molar-refractivity contribution in [3.8, 4) is 11.5 Å². The molecule has 0 bridgehead atoms. The fraction of sp³-hybridized carbons (Fsp3) is 0.190. The summed E-state index contributed by atoms with van der Waals surface area (Å²) in [6.45, 7) is 1.54. The first-order chi connectivity index (χ1) is 14.4. The van der Waals surface area contributed by atoms with Crippen LogP contribution in [-0.2, 0) is 9.59 Å². The Hall–Kier alpha value is -3.85. The summed E-state index contributed by atoms with van der Waals surface area (Å²) in [6, 6.07) is 10.3. The van der Waals surface area contributed by atoms with Gasteiger partial charge in [0.15, 0.2) is 0 Å². The van der Waals surface area contributed by atoms with Crippen LogP contribution in [0.4, 0.5) is 5.69 Å². The summed E-state index contributed by atoms with van der Waals surface area (Å²) >= 11 is 0. The van der Waals surface area contributed by atoms with Crippen LogP contribution in [0.5, 0.6) is 11.5 Å². The zero-order valence-electron chi connectivity index (χ0n) is 16.8. The summed E-state index contributed by atoms with van der Waals surface area (Å²) in [5.41, 5.74) is 2.84. The molecule has 0 aliphatic heterocycles. The Balaban J connectivity index is 1.96. The number of hydrogen-bond donors (Lipinski definition) is 4. The predicted molar refractivity (Wildman–Crippen MR) is 111 cm³/mol. The number of carbonyl (C=O) groups is 3. The van der Waals surface area contributed by atoms with E-state index in [-0.39, 0.29) is 5.56 Å². The van der Waals surface area contributed by atoms with Crippen LogP contribution in [-0.4, -0.2) is 43.2 Å². The maximum Gasteiger partial charge on any atom is 0.274 e. The lowest BCUT2D eigenvalue weighted by Crippen LogP contribution is -2.40. The first kappa shape index (κ1) is 22.4. The van der Waals surface area contributed by atoms with E-state index in [1.54, 1.807) is 31.2 Å². The Morgan fingerprint density at radius 1 is 1.03 bits per heavy atom. The molecule has 0 radical (unpaired) electrons. The zero-order chi connectivity index (χ0) is 22.1. The summed E-state index contributed by atoms with van der Waals surface area (Å²) in [5.74, 6) is -0.365. The maximum absolute atomic E-state index is 12.3. The molecule has 0 heterocycles. The van der Waals surface area contributed by atoms with Gasteiger partial charge in [0.25, 0.3) is 5.91 Å². The van der Waals surface area contributed by atoms with E-state index in [1.807, 2.05) is 0 Å². The van der Waals surface area contributed by atoms with E-state index in [2.05, 4.69) is 10.6 Å². The van der Waals surface area contributed by atoms with Crippen molar-refractivity contribution in [3.05, 3.63) is 59.7 Å². The molecule has 2 aromatic carbocycles. The molecular weight excluding hydrogens is 390 g/mol. The van der Waals surface area contributed by atoms with Crippen LogP contribution < -0.4 is 25.6 Å². The highest BCUT2D eigenvalue weighted by molar-refractivity contribution is 6.00. The number of hydroxylamine groups is 1. The number of ether oxygens (including phenoxy) is 2. The molecular formula is C21H23N3O6. The summed E-state index contributed by atoms with van der Waals surface area (Å²) in [5, 5.41) is 13.8. The molecule has 0 saturated carbocycles. The van der Waals surface area contributed by atoms with Gasteiger partial charge in [-0.15, -0.1) is 0 Å². The number of rotatable bonds is 8. The summed E-state index contributed by atoms with van der Waals surface area (Å²) in [4.78, 5) is 35.7. The van der Waals surface area contributed by atoms with Crippen LogP contribution in [0.3, 0.4) is 0 Å². The van der Waals surface area contributed by atoms with Gasteiger partial charge in [-0.05, 0) is 55.5 Å². The van der Waals surface area contributed by atoms with Gasteiger partial charge in [-0.1, -0.05) is 0 Å². The molecule has 2 aromatic rings. The summed E-state index contributed by atoms with van der Waals surface area (Å²) in [6.07, 6.45) is 2.86. The second-order valence-corrected chi connectivity index (χ2v) is 6.18. The second-order valence-electron chi connectivity index (χ2n) is 6.18. The normalized spacial score (nSPS) is 11.5. The van der Waals surface area contributed by atoms with Crippen LogP contribution in [0.25, 0.3) is 6.08 Å². The van der Waals surface area contributed by atoms with Crippen molar-refractivity contribution in [2.24, 2.45) is 0 Å². The Labute approximate surface area is 173 Å². The largest absolute Gasteiger partial charge is 0.497 e. The molecule has 30 heavy (non-hydrogen) atoms. The standard InChI is InChI=1S/C21H23N3O6/c1-13(20(26)23-16-7-4-14(5-8-16)21(27)24-28)22-19(25)11-6-15-12-17(29-2)9-10-18(15)30-3/h4-13,28H,1-3H3,(H,22,25)(H,23,26)(H,24,27)/b11-6+/t13-/m0/s1. The molecule has 4 N–H and O–H groups in total. The van der Waals surface area contributed by atoms with Crippen molar-refractivity contribution in [1.82, 2.24) is 10.8 Å². The Bertz CT molecular complexity index is 940. The minimum atomic E-state index is -0.810. The third-order valence-electron chi connectivity index (χ3n) is 4.12. The van der Waals surface area contributed by atoms with Gasteiger partial charge in [-0.2, -0.15) is 0 Å². The lowest BCUT2D eigenvalue weighted by atomic mass is 10.1. The third kappa shape index (κ3) is 6.08. The Morgan fingerprint density at radius 2 is 1.73 bits per heavy atom. The number of hydrogen-bond acceptors (Lipinski definition) is 6. The van der Waals surface area contributed by atoms with Gasteiger partial charge >= 0.3 is 0 Å². The Kier molecular flexibility index (Phi) is 7.95. The number of benzene rings is 2. The summed E-state index contributed by atoms with van der Waals surface area (Å²) in [7, 11) is 3.06. The predicted octanol–water partition coefficient (Wildman–Crippen LogP) is 1.98. The minimum absolute atomic E-state index is 0.231. The van der Waals surface area contributed by atoms with Crippen molar-refractivity contribution < 1.29 is 29.1 Å². The highest BCUT2D eigenvalue weighted by atomic mass is 16.5. The molecule has 0 unspecified atom stereocenters. The van der Waals surface area contributed by atoms with Gasteiger partial charge in [0.1, 0.15) is 17.5 Å². The van der Waals surface area contributed by atoms with Crippen LogP contribution in [0, 0.1) is 0 Å². The molecule has 9 heteroatoms. The average Bonchev–Trinajstić information content (AvgIpc) is 2.77. The minimum Gasteiger partial charge on any atom is -0.497 e. The quantitative estimate of drug-likeness (QED) is 0.298. The first-order valence-corrected chi connectivity index (χ1v) is 8.94. The van der Waals surface area contributed by atoms with Gasteiger partial charge in [0, 0.05) is 22.9 Å². The van der Waals surface area contributed by atoms with Gasteiger partial charge < -0.3 is 20.1 Å². The smallest absolute Gasteiger partial charge is 0.274 e. The maximum atomic E-state index is 12.3. The molecule has 9 nitrogen and oxygen atoms in total. The molecule has 0 aromatic heterocycles. The van der Waals surface area contributed by atoms with E-state index in [4.69, 9.17) is 14.7 Å². The molecule has 0 aliphatic carbocycles. The lowest BCUT2D eigenvalue weighted by Gasteiger charge is -2.13. The summed E-state index contributed by atoms with van der Waals surface area (Å²) < 4.78 is 10.4. The molecule has 0 saturated heterocycles. The SMILES string of the molecule is COc1ccc(OC)c(/C=C/C(=O)N[C@@H](C)C(=O)Nc2ccc(C(=O)NO)cc2)c1. The monoisotopic (exact) mass is 413 g/mol. The van der Waals surface area contributed by atoms with Crippen molar-refractivity contribution in [2.75, 3.05) is 19.5 Å². The van der Waals surface area contributed by atoms with Crippen molar-refractivity contribution >= 4 is 29.5 Å². The molecule has 0 fully saturated rings. The molecule has 158 valence electrons. The van der Waals surface area contributed by atoms with E-state index in [0.29, 0.717) is 22.7 Å². The number of carbonyl (C=O) groups excluding carboxylic acids is 3. The molecule has 3 amide bonds. The van der Waals surface area contributed by atoms with Crippen molar-refractivity contribution in [1.29, 1.82) is 0 Å². The highest BCUT2D eigenvalue weighted by Gasteiger charge is 2.15. The van der Waals surface area contributed by atoms with Gasteiger partial charge in [0.05, 0.1) is 14.2 Å². The van der Waals surface area contributed by atoms with Crippen molar-refractivity contribution in [3.63, 3.8) is 0 Å². The number of amides is 3. The number of nitrogens with one attached hydrogen (secondary N) is 3. The van der Waals surface area contributed by atoms with Crippen molar-refractivity contribution in [2.45, 2.75) is 13.0 Å². The topological polar surface area (TPSA) is 126 Å². The Morgan fingerprint density at radius 3 is 2.33 bits per heavy atom. The zero-order valence-corrected chi connectivity index (χ0v) is 16.8. The van der Waals surface area contributed by atoms with Gasteiger partial charge in [-0.3, -0.25) is 19.6 Å². The molecule has 0 aliphatic rings. The lowest BCUT2D eigenvalue weighted by molar-refractivity contribution is -0.123. The van der Waals surface area contributed by atoms with E-state index in [0.717, 1.165) is 0 Å². The van der Waals surface area contributed by atoms with Crippen LogP contribution in [0.15, 0.2) is 48.5 Å². The number of methoxy groups -OCH3 is 2. The van der Waals surface area contributed by atoms with E-state index in [1.165, 1.54) is 50.0 Å². The first-order valence-electron chi connectivity index (χ1n) is 8.94. The fourth-order valence-corrected chi connectivity index (χ4v) is 2.48. The molecule has 0 spiro atoms. The molecule has 1 atom stereocenters. The highest BCUT2D eigenvalue weighted by Crippen LogP contribution is 2.25. The van der Waals surface area contributed by atoms with Crippen LogP contribution >= 0.6 is 0 Å². The van der Waals surface area contributed by atoms with Crippen LogP contribution in [0.2, 0.25) is 0 Å². The van der Waals surface area contributed by atoms with Gasteiger partial charge in [0.2, 0.25) is 11.8 Å². The second kappa shape index (κ2) is 10.6. The van der Waals surface area contributed by atoms with E-state index >= 15 is 0 Å². The van der Waals surface area contributed by atoms with E-state index in [9.17, 15) is 14.4 Å². The molecule has 2 rings (SSSR count). The number of anilines is 1. The van der Waals surface area contributed by atoms with E-state index < -0.39 is 23.8 Å². The van der Waals surface area contributed by atoms with Crippen LogP contribution in [0.1, 0.15) is 22.8 Å². The fourth-order valence-electron chi connectivity index (χ4n) is 2.48.